The molecule has 0 atom stereocenters. The molecule has 0 saturated carbocycles. The normalized spacial score (nSPS) is 11.4. The largest absolute Gasteiger partial charge is 0.868 e. The molecule has 1 aromatic heterocycles. The van der Waals surface area contributed by atoms with E-state index in [1.54, 1.807) is 42.0 Å². The third kappa shape index (κ3) is 3.87. The van der Waals surface area contributed by atoms with E-state index in [1.165, 1.54) is 0 Å². The second kappa shape index (κ2) is 7.41. The molecule has 0 fully saturated rings. The molecule has 0 N–H and O–H groups in total. The third-order valence-electron chi connectivity index (χ3n) is 4.55. The zero-order valence-electron chi connectivity index (χ0n) is 15.5. The molecule has 5 nitrogen and oxygen atoms in total. The topological polar surface area (TPSA) is 70.1 Å². The molecule has 0 spiro atoms. The number of benzene rings is 2. The van der Waals surface area contributed by atoms with Gasteiger partial charge in [-0.25, -0.2) is 0 Å². The van der Waals surface area contributed by atoms with Crippen LogP contribution in [0.15, 0.2) is 60.8 Å². The zero-order valence-corrected chi connectivity index (χ0v) is 15.5. The van der Waals surface area contributed by atoms with Crippen LogP contribution in [0.3, 0.4) is 0 Å². The Morgan fingerprint density at radius 2 is 1.70 bits per heavy atom. The smallest absolute Gasteiger partial charge is 0.272 e. The lowest BCUT2D eigenvalue weighted by atomic mass is 9.99. The molecule has 1 heterocycles. The first-order valence-corrected chi connectivity index (χ1v) is 8.59. The highest BCUT2D eigenvalue weighted by Crippen LogP contribution is 2.29. The highest BCUT2D eigenvalue weighted by atomic mass is 16.6. The van der Waals surface area contributed by atoms with Crippen molar-refractivity contribution < 1.29 is 14.6 Å². The van der Waals surface area contributed by atoms with E-state index >= 15 is 0 Å². The Labute approximate surface area is 158 Å². The van der Waals surface area contributed by atoms with Crippen molar-refractivity contribution in [3.8, 4) is 11.1 Å². The van der Waals surface area contributed by atoms with E-state index in [0.29, 0.717) is 11.1 Å². The Balaban J connectivity index is 2.04. The molecule has 27 heavy (non-hydrogen) atoms. The molecule has 3 rings (SSSR count). The molecular weight excluding hydrogens is 340 g/mol. The van der Waals surface area contributed by atoms with Crippen molar-refractivity contribution in [2.24, 2.45) is 0 Å². The molecule has 0 unspecified atom stereocenters. The van der Waals surface area contributed by atoms with Crippen molar-refractivity contribution in [3.63, 3.8) is 0 Å². The molecular formula is C22H20N2O3. The summed E-state index contributed by atoms with van der Waals surface area (Å²) in [7, 11) is 0. The molecule has 3 aromatic rings. The number of aromatic nitrogens is 1. The van der Waals surface area contributed by atoms with Crippen molar-refractivity contribution >= 4 is 17.6 Å². The quantitative estimate of drug-likeness (QED) is 0.308. The number of pyridine rings is 1. The van der Waals surface area contributed by atoms with E-state index in [4.69, 9.17) is 0 Å². The van der Waals surface area contributed by atoms with Crippen LogP contribution < -0.4 is 9.67 Å². The average molecular weight is 360 g/mol. The summed E-state index contributed by atoms with van der Waals surface area (Å²) in [6.45, 7) is 5.56. The molecule has 0 aliphatic rings. The van der Waals surface area contributed by atoms with Gasteiger partial charge in [-0.2, -0.15) is 4.57 Å². The van der Waals surface area contributed by atoms with Crippen LogP contribution in [-0.4, -0.2) is 4.92 Å². The van der Waals surface area contributed by atoms with Crippen LogP contribution in [0.5, 0.6) is 0 Å². The average Bonchev–Trinajstić information content (AvgIpc) is 2.65. The minimum atomic E-state index is -0.365. The Bertz CT molecular complexity index is 1040. The zero-order chi connectivity index (χ0) is 19.6. The fourth-order valence-electron chi connectivity index (χ4n) is 3.00. The van der Waals surface area contributed by atoms with Crippen molar-refractivity contribution in [2.45, 2.75) is 20.8 Å². The lowest BCUT2D eigenvalue weighted by molar-refractivity contribution is -0.577. The minimum absolute atomic E-state index is 0.0816. The molecule has 0 bridgehead atoms. The second-order valence-corrected chi connectivity index (χ2v) is 6.54. The highest BCUT2D eigenvalue weighted by Gasteiger charge is 2.16. The minimum Gasteiger partial charge on any atom is -0.868 e. The van der Waals surface area contributed by atoms with E-state index in [9.17, 15) is 15.2 Å². The van der Waals surface area contributed by atoms with Crippen LogP contribution in [0.4, 0.5) is 5.69 Å². The third-order valence-corrected chi connectivity index (χ3v) is 4.55. The maximum atomic E-state index is 12.4. The van der Waals surface area contributed by atoms with Crippen LogP contribution >= 0.6 is 0 Å². The van der Waals surface area contributed by atoms with Gasteiger partial charge < -0.3 is 5.11 Å². The number of hydrogen-bond acceptors (Lipinski definition) is 3. The number of nitro groups is 1. The summed E-state index contributed by atoms with van der Waals surface area (Å²) in [4.78, 5) is 10.9. The van der Waals surface area contributed by atoms with Gasteiger partial charge >= 0.3 is 0 Å². The van der Waals surface area contributed by atoms with Gasteiger partial charge in [0.05, 0.1) is 4.92 Å². The highest BCUT2D eigenvalue weighted by molar-refractivity contribution is 5.70. The van der Waals surface area contributed by atoms with E-state index in [2.05, 4.69) is 0 Å². The lowest BCUT2D eigenvalue weighted by Crippen LogP contribution is -2.32. The van der Waals surface area contributed by atoms with Crippen LogP contribution in [-0.2, 0) is 0 Å². The lowest BCUT2D eigenvalue weighted by Gasteiger charge is -2.11. The van der Waals surface area contributed by atoms with Crippen LogP contribution in [0, 0.1) is 30.9 Å². The van der Waals surface area contributed by atoms with E-state index < -0.39 is 0 Å². The van der Waals surface area contributed by atoms with Gasteiger partial charge in [-0.15, -0.1) is 0 Å². The van der Waals surface area contributed by atoms with Crippen LogP contribution in [0.1, 0.15) is 22.4 Å². The molecule has 0 aliphatic carbocycles. The van der Waals surface area contributed by atoms with Gasteiger partial charge in [0.1, 0.15) is 0 Å². The second-order valence-electron chi connectivity index (χ2n) is 6.54. The maximum Gasteiger partial charge on any atom is 0.272 e. The van der Waals surface area contributed by atoms with Crippen LogP contribution in [0.25, 0.3) is 23.1 Å². The van der Waals surface area contributed by atoms with Crippen LogP contribution in [0.2, 0.25) is 0 Å². The van der Waals surface area contributed by atoms with Crippen molar-refractivity contribution in [3.05, 3.63) is 93.3 Å². The number of nitro benzene ring substituents is 1. The molecule has 136 valence electrons. The Morgan fingerprint density at radius 3 is 2.37 bits per heavy atom. The number of hydrogen-bond donors (Lipinski definition) is 0. The number of aryl methyl sites for hydroxylation is 3. The Morgan fingerprint density at radius 1 is 1.00 bits per heavy atom. The predicted molar refractivity (Wildman–Crippen MR) is 104 cm³/mol. The van der Waals surface area contributed by atoms with Gasteiger partial charge in [-0.3, -0.25) is 10.1 Å². The fourth-order valence-corrected chi connectivity index (χ4v) is 3.00. The molecule has 0 amide bonds. The van der Waals surface area contributed by atoms with Crippen molar-refractivity contribution in [1.29, 1.82) is 0 Å². The Hall–Kier alpha value is -3.47. The summed E-state index contributed by atoms with van der Waals surface area (Å²) in [6, 6.07) is 16.3. The van der Waals surface area contributed by atoms with E-state index in [1.807, 2.05) is 50.4 Å². The summed E-state index contributed by atoms with van der Waals surface area (Å²) in [6.07, 6.45) is 3.43. The van der Waals surface area contributed by atoms with E-state index in [0.717, 1.165) is 22.4 Å². The van der Waals surface area contributed by atoms with E-state index in [-0.39, 0.29) is 16.4 Å². The first kappa shape index (κ1) is 18.3. The summed E-state index contributed by atoms with van der Waals surface area (Å²) >= 11 is 0. The Kier molecular flexibility index (Phi) is 5.03. The molecule has 0 aliphatic heterocycles. The van der Waals surface area contributed by atoms with Crippen molar-refractivity contribution in [2.75, 3.05) is 0 Å². The number of nitrogens with zero attached hydrogens (tertiary/aromatic N) is 2. The predicted octanol–water partition coefficient (Wildman–Crippen LogP) is 3.79. The standard InChI is InChI=1S/C22H20N2O3/c1-15-9-10-19(12-21(15)24(26)27)20-11-17(3)23(13-16(20)2)14-22(25)18-7-5-4-6-8-18/h4-14H,1-3H3/b22-14-. The summed E-state index contributed by atoms with van der Waals surface area (Å²) in [5.74, 6) is -0.0816. The van der Waals surface area contributed by atoms with Gasteiger partial charge in [-0.05, 0) is 36.3 Å². The molecule has 0 radical (unpaired) electrons. The van der Waals surface area contributed by atoms with Gasteiger partial charge in [0.15, 0.2) is 18.1 Å². The number of rotatable bonds is 4. The van der Waals surface area contributed by atoms with Gasteiger partial charge in [0.25, 0.3) is 5.69 Å². The maximum absolute atomic E-state index is 12.4. The molecule has 5 heteroatoms. The monoisotopic (exact) mass is 360 g/mol. The first-order chi connectivity index (χ1) is 12.9. The summed E-state index contributed by atoms with van der Waals surface area (Å²) < 4.78 is 1.79. The fraction of sp³-hybridized carbons (Fsp3) is 0.136. The first-order valence-electron chi connectivity index (χ1n) is 8.59. The summed E-state index contributed by atoms with van der Waals surface area (Å²) in [5, 5.41) is 23.7. The van der Waals surface area contributed by atoms with Gasteiger partial charge in [0.2, 0.25) is 0 Å². The summed E-state index contributed by atoms with van der Waals surface area (Å²) in [5.41, 5.74) is 4.85. The van der Waals surface area contributed by atoms with Crippen molar-refractivity contribution in [1.82, 2.24) is 0 Å². The molecule has 2 aromatic carbocycles. The molecule has 0 saturated heterocycles. The van der Waals surface area contributed by atoms with Gasteiger partial charge in [0, 0.05) is 30.2 Å². The SMILES string of the molecule is Cc1c[n+](/C=C(\[O-])c2ccccc2)c(C)cc1-c1ccc(C)c([N+](=O)[O-])c1. The van der Waals surface area contributed by atoms with Gasteiger partial charge in [-0.1, -0.05) is 42.5 Å².